The molecule has 0 spiro atoms. The molecule has 0 radical (unpaired) electrons. The van der Waals surface area contributed by atoms with Crippen molar-refractivity contribution in [2.45, 2.75) is 47.1 Å². The molecule has 2 atom stereocenters. The summed E-state index contributed by atoms with van der Waals surface area (Å²) >= 11 is 0. The summed E-state index contributed by atoms with van der Waals surface area (Å²) in [4.78, 5) is 24.3. The molecular formula is C17H22O3. The van der Waals surface area contributed by atoms with E-state index in [-0.39, 0.29) is 23.8 Å². The first kappa shape index (κ1) is 14.8. The van der Waals surface area contributed by atoms with Gasteiger partial charge in [-0.25, -0.2) is 0 Å². The minimum absolute atomic E-state index is 0.108. The summed E-state index contributed by atoms with van der Waals surface area (Å²) in [6.45, 7) is 9.38. The van der Waals surface area contributed by atoms with Crippen molar-refractivity contribution in [2.75, 3.05) is 0 Å². The molecule has 1 aliphatic rings. The van der Waals surface area contributed by atoms with Crippen LogP contribution in [0.1, 0.15) is 61.7 Å². The number of rotatable bonds is 1. The second kappa shape index (κ2) is 5.04. The molecule has 1 aromatic carbocycles. The lowest BCUT2D eigenvalue weighted by Crippen LogP contribution is -2.30. The van der Waals surface area contributed by atoms with E-state index in [1.165, 1.54) is 0 Å². The number of hydrogen-bond acceptors (Lipinski definition) is 3. The number of carbonyl (C=O) groups excluding carboxylic acids is 2. The van der Waals surface area contributed by atoms with Crippen LogP contribution >= 0.6 is 0 Å². The second-order valence-corrected chi connectivity index (χ2v) is 6.74. The Morgan fingerprint density at radius 3 is 2.55 bits per heavy atom. The Labute approximate surface area is 120 Å². The maximum atomic E-state index is 12.2. The minimum Gasteiger partial charge on any atom is -0.457 e. The fourth-order valence-electron chi connectivity index (χ4n) is 2.41. The zero-order valence-electron chi connectivity index (χ0n) is 12.8. The lowest BCUT2D eigenvalue weighted by Gasteiger charge is -2.30. The molecule has 1 aliphatic carbocycles. The third-order valence-electron chi connectivity index (χ3n) is 3.70. The topological polar surface area (TPSA) is 43.4 Å². The Morgan fingerprint density at radius 2 is 1.95 bits per heavy atom. The van der Waals surface area contributed by atoms with Crippen molar-refractivity contribution >= 4 is 11.8 Å². The van der Waals surface area contributed by atoms with E-state index in [0.717, 1.165) is 11.1 Å². The molecule has 0 amide bonds. The molecule has 0 fully saturated rings. The van der Waals surface area contributed by atoms with Crippen molar-refractivity contribution in [3.05, 3.63) is 34.9 Å². The lowest BCUT2D eigenvalue weighted by molar-refractivity contribution is -0.160. The van der Waals surface area contributed by atoms with E-state index in [1.54, 1.807) is 0 Å². The minimum atomic E-state index is -0.533. The molecule has 1 aromatic rings. The van der Waals surface area contributed by atoms with Gasteiger partial charge >= 0.3 is 5.97 Å². The van der Waals surface area contributed by atoms with Crippen LogP contribution in [0, 0.1) is 18.3 Å². The zero-order chi connectivity index (χ0) is 15.1. The van der Waals surface area contributed by atoms with Crippen LogP contribution in [0.5, 0.6) is 0 Å². The molecule has 0 aromatic heterocycles. The third kappa shape index (κ3) is 2.77. The first-order valence-corrected chi connectivity index (χ1v) is 7.06. The van der Waals surface area contributed by atoms with Crippen molar-refractivity contribution in [1.29, 1.82) is 0 Å². The van der Waals surface area contributed by atoms with Gasteiger partial charge < -0.3 is 4.74 Å². The summed E-state index contributed by atoms with van der Waals surface area (Å²) in [5, 5.41) is 0. The van der Waals surface area contributed by atoms with Crippen LogP contribution in [0.3, 0.4) is 0 Å². The van der Waals surface area contributed by atoms with Gasteiger partial charge in [-0.1, -0.05) is 30.7 Å². The number of aryl methyl sites for hydroxylation is 1. The highest BCUT2D eigenvalue weighted by Crippen LogP contribution is 2.37. The Morgan fingerprint density at radius 1 is 1.30 bits per heavy atom. The van der Waals surface area contributed by atoms with E-state index in [0.29, 0.717) is 12.0 Å². The van der Waals surface area contributed by atoms with Crippen molar-refractivity contribution in [2.24, 2.45) is 11.3 Å². The molecule has 2 unspecified atom stereocenters. The Kier molecular flexibility index (Phi) is 3.72. The molecule has 3 nitrogen and oxygen atoms in total. The van der Waals surface area contributed by atoms with Gasteiger partial charge in [0.15, 0.2) is 5.78 Å². The van der Waals surface area contributed by atoms with E-state index in [1.807, 2.05) is 52.8 Å². The summed E-state index contributed by atoms with van der Waals surface area (Å²) in [7, 11) is 0. The number of esters is 1. The number of fused-ring (bicyclic) bond motifs is 1. The molecule has 3 heteroatoms. The first-order chi connectivity index (χ1) is 9.20. The summed E-state index contributed by atoms with van der Waals surface area (Å²) in [5.74, 6) is -0.192. The molecule has 20 heavy (non-hydrogen) atoms. The number of hydrogen-bond donors (Lipinski definition) is 0. The second-order valence-electron chi connectivity index (χ2n) is 6.74. The van der Waals surface area contributed by atoms with Crippen molar-refractivity contribution < 1.29 is 14.3 Å². The number of ketones is 1. The molecule has 0 saturated carbocycles. The fraction of sp³-hybridized carbons (Fsp3) is 0.529. The van der Waals surface area contributed by atoms with Gasteiger partial charge in [0.2, 0.25) is 0 Å². The lowest BCUT2D eigenvalue weighted by atomic mass is 9.81. The number of ether oxygens (including phenoxy) is 1. The van der Waals surface area contributed by atoms with E-state index < -0.39 is 5.41 Å². The van der Waals surface area contributed by atoms with Crippen LogP contribution in [0.4, 0.5) is 0 Å². The van der Waals surface area contributed by atoms with Crippen LogP contribution in [-0.2, 0) is 9.53 Å². The normalized spacial score (nSPS) is 22.4. The SMILES string of the molecule is Cc1ccc2c(c1)C(OC(=O)C(C)(C)C)CC(C)C2=O. The molecular weight excluding hydrogens is 252 g/mol. The maximum Gasteiger partial charge on any atom is 0.311 e. The summed E-state index contributed by atoms with van der Waals surface area (Å²) in [6.07, 6.45) is 0.251. The third-order valence-corrected chi connectivity index (χ3v) is 3.70. The highest BCUT2D eigenvalue weighted by atomic mass is 16.5. The van der Waals surface area contributed by atoms with Gasteiger partial charge in [0, 0.05) is 17.0 Å². The number of carbonyl (C=O) groups is 2. The summed E-state index contributed by atoms with van der Waals surface area (Å²) < 4.78 is 5.66. The smallest absolute Gasteiger partial charge is 0.311 e. The van der Waals surface area contributed by atoms with Gasteiger partial charge in [0.1, 0.15) is 6.10 Å². The van der Waals surface area contributed by atoms with Crippen molar-refractivity contribution in [1.82, 2.24) is 0 Å². The molecule has 0 saturated heterocycles. The van der Waals surface area contributed by atoms with Gasteiger partial charge in [-0.15, -0.1) is 0 Å². The largest absolute Gasteiger partial charge is 0.457 e. The number of Topliss-reactive ketones (excluding diaryl/α,β-unsaturated/α-hetero) is 1. The molecule has 0 N–H and O–H groups in total. The van der Waals surface area contributed by atoms with Crippen LogP contribution in [0.25, 0.3) is 0 Å². The van der Waals surface area contributed by atoms with Gasteiger partial charge in [-0.2, -0.15) is 0 Å². The van der Waals surface area contributed by atoms with E-state index in [9.17, 15) is 9.59 Å². The Balaban J connectivity index is 2.36. The van der Waals surface area contributed by atoms with E-state index >= 15 is 0 Å². The molecule has 0 heterocycles. The van der Waals surface area contributed by atoms with Crippen LogP contribution in [0.2, 0.25) is 0 Å². The van der Waals surface area contributed by atoms with Crippen LogP contribution in [0.15, 0.2) is 18.2 Å². The Bertz CT molecular complexity index is 552. The van der Waals surface area contributed by atoms with Crippen LogP contribution < -0.4 is 0 Å². The van der Waals surface area contributed by atoms with Crippen molar-refractivity contribution in [3.8, 4) is 0 Å². The van der Waals surface area contributed by atoms with E-state index in [2.05, 4.69) is 0 Å². The van der Waals surface area contributed by atoms with Crippen LogP contribution in [-0.4, -0.2) is 11.8 Å². The Hall–Kier alpha value is -1.64. The van der Waals surface area contributed by atoms with Gasteiger partial charge in [-0.3, -0.25) is 9.59 Å². The number of benzene rings is 1. The maximum absolute atomic E-state index is 12.2. The van der Waals surface area contributed by atoms with Gasteiger partial charge in [0.05, 0.1) is 5.41 Å². The predicted molar refractivity (Wildman–Crippen MR) is 77.6 cm³/mol. The monoisotopic (exact) mass is 274 g/mol. The molecule has 2 rings (SSSR count). The highest BCUT2D eigenvalue weighted by molar-refractivity contribution is 6.00. The summed E-state index contributed by atoms with van der Waals surface area (Å²) in [6, 6.07) is 5.73. The highest BCUT2D eigenvalue weighted by Gasteiger charge is 2.35. The first-order valence-electron chi connectivity index (χ1n) is 7.06. The average Bonchev–Trinajstić information content (AvgIpc) is 2.34. The average molecular weight is 274 g/mol. The molecule has 0 aliphatic heterocycles. The standard InChI is InChI=1S/C17H22O3/c1-10-6-7-12-13(8-10)14(9-11(2)15(12)18)20-16(19)17(3,4)5/h6-8,11,14H,9H2,1-5H3. The predicted octanol–water partition coefficient (Wildman–Crippen LogP) is 3.85. The quantitative estimate of drug-likeness (QED) is 0.731. The van der Waals surface area contributed by atoms with E-state index in [4.69, 9.17) is 4.74 Å². The molecule has 0 bridgehead atoms. The van der Waals surface area contributed by atoms with Gasteiger partial charge in [0.25, 0.3) is 0 Å². The molecule has 108 valence electrons. The van der Waals surface area contributed by atoms with Crippen molar-refractivity contribution in [3.63, 3.8) is 0 Å². The summed E-state index contributed by atoms with van der Waals surface area (Å²) in [5.41, 5.74) is 2.09. The zero-order valence-corrected chi connectivity index (χ0v) is 12.8. The fourth-order valence-corrected chi connectivity index (χ4v) is 2.41. The van der Waals surface area contributed by atoms with Gasteiger partial charge in [-0.05, 0) is 34.1 Å².